The van der Waals surface area contributed by atoms with Crippen molar-refractivity contribution in [2.45, 2.75) is 194 Å². The van der Waals surface area contributed by atoms with E-state index in [9.17, 15) is 25.9 Å². The van der Waals surface area contributed by atoms with Gasteiger partial charge in [-0.05, 0) is 63.2 Å². The SMILES string of the molecule is CCCCCCCCCCCCCCCCCC[n+]1c(C=CC=C2N(CCCCCCCC)c3cc(Cl)c(Cl)cc3N2CCCCS(=O)(=O)[O-])n(CCCCS(=O)(=O)[O-])c2cc(Cl)c(Cl)cc21.[Na+]. The van der Waals surface area contributed by atoms with Gasteiger partial charge in [0.15, 0.2) is 11.0 Å². The molecule has 4 rings (SSSR count). The van der Waals surface area contributed by atoms with Gasteiger partial charge in [0.25, 0.3) is 5.82 Å². The van der Waals surface area contributed by atoms with Crippen molar-refractivity contribution in [3.63, 3.8) is 0 Å². The van der Waals surface area contributed by atoms with Crippen LogP contribution in [0.5, 0.6) is 0 Å². The number of hydrogen-bond acceptors (Lipinski definition) is 8. The molecule has 0 saturated heterocycles. The topological polar surface area (TPSA) is 130 Å². The van der Waals surface area contributed by atoms with Crippen molar-refractivity contribution in [2.24, 2.45) is 0 Å². The van der Waals surface area contributed by atoms with Gasteiger partial charge >= 0.3 is 29.6 Å². The zero-order valence-corrected chi connectivity index (χ0v) is 47.9. The molecule has 68 heavy (non-hydrogen) atoms. The van der Waals surface area contributed by atoms with Crippen LogP contribution in [0.15, 0.2) is 42.2 Å². The van der Waals surface area contributed by atoms with Crippen LogP contribution in [0.2, 0.25) is 20.1 Å². The third kappa shape index (κ3) is 21.6. The number of unbranched alkanes of at least 4 members (excludes halogenated alkanes) is 22. The van der Waals surface area contributed by atoms with Gasteiger partial charge in [0.2, 0.25) is 0 Å². The molecule has 0 atom stereocenters. The largest absolute Gasteiger partial charge is 1.00 e. The number of nitrogens with zero attached hydrogens (tertiary/aromatic N) is 4. The first-order valence-electron chi connectivity index (χ1n) is 25.4. The zero-order chi connectivity index (χ0) is 48.7. The zero-order valence-electron chi connectivity index (χ0n) is 41.2. The van der Waals surface area contributed by atoms with Gasteiger partial charge in [0, 0.05) is 42.8 Å². The van der Waals surface area contributed by atoms with E-state index in [0.29, 0.717) is 46.0 Å². The van der Waals surface area contributed by atoms with E-state index in [1.54, 1.807) is 0 Å². The molecule has 1 aliphatic rings. The molecule has 378 valence electrons. The van der Waals surface area contributed by atoms with Gasteiger partial charge in [-0.25, -0.2) is 26.0 Å². The Balaban J connectivity index is 0.0000122. The standard InChI is InChI=1S/C51H78Cl4N4O6S2.Na/c1-3-5-7-9-11-12-13-14-15-16-17-18-19-20-22-24-33-57-47-39-43(53)45(55)41-49(47)59(35-26-28-37-67(63,64)65)51(57)31-29-30-50-56(32-23-21-10-8-6-4-2)46-38-42(52)44(54)40-48(46)58(50)34-25-27-36-66(60,61)62;/h29-31,38-41H,3-28,32-37H2,1-2H3,(H-,60,61,62,63,64,65);/q;+1/p-1. The molecule has 2 aromatic carbocycles. The van der Waals surface area contributed by atoms with Gasteiger partial charge in [0.1, 0.15) is 5.82 Å². The van der Waals surface area contributed by atoms with Crippen LogP contribution in [-0.4, -0.2) is 55.1 Å². The van der Waals surface area contributed by atoms with E-state index < -0.39 is 31.7 Å². The van der Waals surface area contributed by atoms with Crippen LogP contribution < -0.4 is 43.9 Å². The molecule has 0 unspecified atom stereocenters. The predicted molar refractivity (Wildman–Crippen MR) is 281 cm³/mol. The molecule has 2 heterocycles. The summed E-state index contributed by atoms with van der Waals surface area (Å²) in [5.41, 5.74) is 3.54. The molecule has 0 radical (unpaired) electrons. The van der Waals surface area contributed by atoms with Crippen molar-refractivity contribution in [1.82, 2.24) is 4.57 Å². The van der Waals surface area contributed by atoms with E-state index in [4.69, 9.17) is 46.4 Å². The Morgan fingerprint density at radius 2 is 0.897 bits per heavy atom. The summed E-state index contributed by atoms with van der Waals surface area (Å²) < 4.78 is 73.6. The number of fused-ring (bicyclic) bond motifs is 2. The second-order valence-corrected chi connectivity index (χ2v) is 23.0. The summed E-state index contributed by atoms with van der Waals surface area (Å²) >= 11 is 26.6. The van der Waals surface area contributed by atoms with Crippen molar-refractivity contribution < 1.29 is 60.1 Å². The second-order valence-electron chi connectivity index (χ2n) is 18.4. The van der Waals surface area contributed by atoms with Gasteiger partial charge in [-0.1, -0.05) is 188 Å². The number of benzene rings is 2. The fourth-order valence-corrected chi connectivity index (χ4v) is 10.9. The van der Waals surface area contributed by atoms with Crippen LogP contribution in [0, 0.1) is 0 Å². The number of aromatic nitrogens is 2. The Hall–Kier alpha value is -1.03. The fraction of sp³-hybridized carbons (Fsp3) is 0.667. The molecule has 10 nitrogen and oxygen atoms in total. The van der Waals surface area contributed by atoms with Gasteiger partial charge in [-0.3, -0.25) is 0 Å². The average molecular weight is 1070 g/mol. The Bertz CT molecular complexity index is 2260. The molecule has 0 bridgehead atoms. The first-order chi connectivity index (χ1) is 32.1. The van der Waals surface area contributed by atoms with E-state index in [0.717, 1.165) is 85.7 Å². The molecule has 17 heteroatoms. The maximum atomic E-state index is 11.5. The van der Waals surface area contributed by atoms with Crippen molar-refractivity contribution >= 4 is 95.1 Å². The quantitative estimate of drug-likeness (QED) is 0.0244. The third-order valence-electron chi connectivity index (χ3n) is 12.8. The van der Waals surface area contributed by atoms with E-state index in [1.807, 2.05) is 36.4 Å². The molecule has 0 aliphatic carbocycles. The first-order valence-corrected chi connectivity index (χ1v) is 30.0. The number of hydrogen-bond donors (Lipinski definition) is 0. The maximum absolute atomic E-state index is 11.5. The molecule has 0 amide bonds. The number of aryl methyl sites for hydroxylation is 2. The Kier molecular flexibility index (Phi) is 29.7. The summed E-state index contributed by atoms with van der Waals surface area (Å²) in [6.45, 7) is 6.83. The summed E-state index contributed by atoms with van der Waals surface area (Å²) in [7, 11) is -8.72. The van der Waals surface area contributed by atoms with Gasteiger partial charge in [0.05, 0.1) is 64.8 Å². The number of imidazole rings is 1. The van der Waals surface area contributed by atoms with Gasteiger partial charge in [-0.2, -0.15) is 0 Å². The Morgan fingerprint density at radius 1 is 0.515 bits per heavy atom. The summed E-state index contributed by atoms with van der Waals surface area (Å²) in [6.07, 6.45) is 34.7. The molecule has 0 N–H and O–H groups in total. The summed E-state index contributed by atoms with van der Waals surface area (Å²) in [5, 5.41) is 1.69. The monoisotopic (exact) mass is 1070 g/mol. The van der Waals surface area contributed by atoms with Crippen LogP contribution in [0.4, 0.5) is 11.4 Å². The molecular weight excluding hydrogens is 994 g/mol. The second kappa shape index (κ2) is 32.9. The molecule has 3 aromatic rings. The summed E-state index contributed by atoms with van der Waals surface area (Å²) in [6, 6.07) is 7.49. The van der Waals surface area contributed by atoms with Crippen LogP contribution in [0.1, 0.15) is 187 Å². The third-order valence-corrected chi connectivity index (χ3v) is 15.8. The van der Waals surface area contributed by atoms with Crippen LogP contribution >= 0.6 is 46.4 Å². The minimum absolute atomic E-state index is 0. The van der Waals surface area contributed by atoms with Crippen molar-refractivity contribution in [1.29, 1.82) is 0 Å². The first kappa shape index (κ1) is 61.3. The van der Waals surface area contributed by atoms with E-state index in [-0.39, 0.29) is 42.4 Å². The van der Waals surface area contributed by atoms with E-state index >= 15 is 0 Å². The van der Waals surface area contributed by atoms with Crippen molar-refractivity contribution in [3.8, 4) is 0 Å². The molecule has 1 aromatic heterocycles. The normalized spacial score (nSPS) is 13.7. The average Bonchev–Trinajstić information content (AvgIpc) is 3.70. The minimum atomic E-state index is -4.36. The Labute approximate surface area is 452 Å². The van der Waals surface area contributed by atoms with Gasteiger partial charge < -0.3 is 18.9 Å². The Morgan fingerprint density at radius 3 is 1.35 bits per heavy atom. The van der Waals surface area contributed by atoms with Gasteiger partial charge in [-0.15, -0.1) is 0 Å². The predicted octanol–water partition coefficient (Wildman–Crippen LogP) is 12.0. The molecule has 0 saturated carbocycles. The van der Waals surface area contributed by atoms with E-state index in [2.05, 4.69) is 38.9 Å². The minimum Gasteiger partial charge on any atom is -0.748 e. The number of rotatable bonds is 36. The maximum Gasteiger partial charge on any atom is 1.00 e. The fourth-order valence-electron chi connectivity index (χ4n) is 9.19. The smallest absolute Gasteiger partial charge is 0.748 e. The van der Waals surface area contributed by atoms with Crippen LogP contribution in [0.3, 0.4) is 0 Å². The van der Waals surface area contributed by atoms with E-state index in [1.165, 1.54) is 103 Å². The van der Waals surface area contributed by atoms with Crippen molar-refractivity contribution in [2.75, 3.05) is 34.4 Å². The molecule has 1 aliphatic heterocycles. The molecular formula is C51H77Cl4N4NaO6S2. The number of allylic oxidation sites excluding steroid dienone is 2. The molecule has 0 fully saturated rings. The molecule has 0 spiro atoms. The summed E-state index contributed by atoms with van der Waals surface area (Å²) in [4.78, 5) is 4.37. The van der Waals surface area contributed by atoms with Crippen LogP contribution in [0.25, 0.3) is 17.1 Å². The van der Waals surface area contributed by atoms with Crippen molar-refractivity contribution in [3.05, 3.63) is 68.2 Å². The van der Waals surface area contributed by atoms with Crippen LogP contribution in [-0.2, 0) is 33.3 Å². The number of halogens is 4. The summed E-state index contributed by atoms with van der Waals surface area (Å²) in [5.74, 6) is 0.887. The number of anilines is 2.